The lowest BCUT2D eigenvalue weighted by molar-refractivity contribution is 0.0941. The minimum Gasteiger partial charge on any atom is -0.486 e. The van der Waals surface area contributed by atoms with Crippen molar-refractivity contribution in [3.63, 3.8) is 0 Å². The fourth-order valence-electron chi connectivity index (χ4n) is 2.63. The molecule has 0 aromatic heterocycles. The highest BCUT2D eigenvalue weighted by molar-refractivity contribution is 9.10. The Hall–Kier alpha value is -2.08. The molecule has 132 valence electrons. The summed E-state index contributed by atoms with van der Waals surface area (Å²) in [7, 11) is 0. The van der Waals surface area contributed by atoms with Gasteiger partial charge >= 0.3 is 0 Å². The number of hydrogen-bond donors (Lipinski definition) is 1. The highest BCUT2D eigenvalue weighted by Gasteiger charge is 2.25. The van der Waals surface area contributed by atoms with Crippen molar-refractivity contribution < 1.29 is 18.7 Å². The highest BCUT2D eigenvalue weighted by atomic mass is 79.9. The van der Waals surface area contributed by atoms with Crippen LogP contribution in [-0.4, -0.2) is 25.7 Å². The molecule has 1 aliphatic rings. The number of hydrogen-bond acceptors (Lipinski definition) is 3. The third-order valence-electron chi connectivity index (χ3n) is 4.19. The molecule has 0 saturated carbocycles. The van der Waals surface area contributed by atoms with Gasteiger partial charge in [-0.05, 0) is 35.9 Å². The molecule has 1 amide bonds. The van der Waals surface area contributed by atoms with Gasteiger partial charge in [0.05, 0.1) is 5.56 Å². The van der Waals surface area contributed by atoms with E-state index in [-0.39, 0.29) is 11.0 Å². The van der Waals surface area contributed by atoms with Gasteiger partial charge in [0.25, 0.3) is 5.91 Å². The minimum atomic E-state index is -0.544. The number of fused-ring (bicyclic) bond motifs is 1. The van der Waals surface area contributed by atoms with Crippen molar-refractivity contribution in [2.75, 3.05) is 19.8 Å². The fraction of sp³-hybridized carbons (Fsp3) is 0.316. The number of carbonyl (C=O) groups is 1. The van der Waals surface area contributed by atoms with E-state index in [4.69, 9.17) is 9.47 Å². The Kier molecular flexibility index (Phi) is 4.99. The number of amides is 1. The van der Waals surface area contributed by atoms with Gasteiger partial charge in [0.1, 0.15) is 19.0 Å². The molecule has 4 nitrogen and oxygen atoms in total. The van der Waals surface area contributed by atoms with Gasteiger partial charge in [-0.2, -0.15) is 0 Å². The van der Waals surface area contributed by atoms with Crippen molar-refractivity contribution in [1.29, 1.82) is 0 Å². The van der Waals surface area contributed by atoms with E-state index in [0.29, 0.717) is 30.0 Å². The van der Waals surface area contributed by atoms with E-state index in [2.05, 4.69) is 21.2 Å². The summed E-state index contributed by atoms with van der Waals surface area (Å²) in [6, 6.07) is 10.1. The summed E-state index contributed by atoms with van der Waals surface area (Å²) in [6.45, 7) is 5.45. The molecule has 0 radical (unpaired) electrons. The Morgan fingerprint density at radius 1 is 1.16 bits per heavy atom. The first-order chi connectivity index (χ1) is 11.9. The van der Waals surface area contributed by atoms with Crippen LogP contribution in [0.1, 0.15) is 29.8 Å². The quantitative estimate of drug-likeness (QED) is 0.830. The maximum atomic E-state index is 13.8. The summed E-state index contributed by atoms with van der Waals surface area (Å²) >= 11 is 3.25. The highest BCUT2D eigenvalue weighted by Crippen LogP contribution is 2.35. The standard InChI is InChI=1S/C19H19BrFNO3/c1-19(2,12-3-6-16-17(9-12)25-8-7-24-16)11-22-18(23)14-10-13(20)4-5-15(14)21/h3-6,9-10H,7-8,11H2,1-2H3,(H,22,23). The average molecular weight is 408 g/mol. The number of benzene rings is 2. The first-order valence-corrected chi connectivity index (χ1v) is 8.79. The molecule has 0 aliphatic carbocycles. The largest absolute Gasteiger partial charge is 0.486 e. The second-order valence-corrected chi connectivity index (χ2v) is 7.46. The van der Waals surface area contributed by atoms with Crippen LogP contribution in [0, 0.1) is 5.82 Å². The lowest BCUT2D eigenvalue weighted by Crippen LogP contribution is -2.37. The summed E-state index contributed by atoms with van der Waals surface area (Å²) < 4.78 is 25.6. The normalized spacial score (nSPS) is 13.4. The van der Waals surface area contributed by atoms with Crippen LogP contribution in [0.25, 0.3) is 0 Å². The lowest BCUT2D eigenvalue weighted by atomic mass is 9.84. The van der Waals surface area contributed by atoms with E-state index in [1.54, 1.807) is 6.07 Å². The summed E-state index contributed by atoms with van der Waals surface area (Å²) in [6.07, 6.45) is 0. The van der Waals surface area contributed by atoms with Gasteiger partial charge in [0, 0.05) is 16.4 Å². The van der Waals surface area contributed by atoms with Gasteiger partial charge in [-0.3, -0.25) is 4.79 Å². The SMILES string of the molecule is CC(C)(CNC(=O)c1cc(Br)ccc1F)c1ccc2c(c1)OCCO2. The molecule has 0 unspecified atom stereocenters. The van der Waals surface area contributed by atoms with Crippen LogP contribution in [0.5, 0.6) is 11.5 Å². The first kappa shape index (κ1) is 17.7. The monoisotopic (exact) mass is 407 g/mol. The number of halogens is 2. The van der Waals surface area contributed by atoms with Crippen molar-refractivity contribution in [3.05, 3.63) is 57.8 Å². The summed E-state index contributed by atoms with van der Waals surface area (Å²) in [5, 5.41) is 2.81. The van der Waals surface area contributed by atoms with Gasteiger partial charge in [-0.25, -0.2) is 4.39 Å². The topological polar surface area (TPSA) is 47.6 Å². The molecular formula is C19H19BrFNO3. The third kappa shape index (κ3) is 3.95. The molecule has 0 saturated heterocycles. The van der Waals surface area contributed by atoms with Crippen LogP contribution < -0.4 is 14.8 Å². The van der Waals surface area contributed by atoms with Crippen molar-refractivity contribution in [2.45, 2.75) is 19.3 Å². The second kappa shape index (κ2) is 7.04. The maximum absolute atomic E-state index is 13.8. The molecule has 0 fully saturated rings. The van der Waals surface area contributed by atoms with E-state index in [0.717, 1.165) is 11.3 Å². The number of nitrogens with one attached hydrogen (secondary N) is 1. The van der Waals surface area contributed by atoms with Crippen molar-refractivity contribution in [1.82, 2.24) is 5.32 Å². The predicted octanol–water partition coefficient (Wildman–Crippen LogP) is 4.07. The zero-order chi connectivity index (χ0) is 18.0. The zero-order valence-electron chi connectivity index (χ0n) is 14.1. The van der Waals surface area contributed by atoms with Gasteiger partial charge < -0.3 is 14.8 Å². The van der Waals surface area contributed by atoms with Gasteiger partial charge in [-0.1, -0.05) is 35.8 Å². The van der Waals surface area contributed by atoms with Crippen LogP contribution in [0.3, 0.4) is 0 Å². The van der Waals surface area contributed by atoms with Crippen molar-refractivity contribution >= 4 is 21.8 Å². The fourth-order valence-corrected chi connectivity index (χ4v) is 3.00. The van der Waals surface area contributed by atoms with Crippen LogP contribution in [-0.2, 0) is 5.41 Å². The Bertz CT molecular complexity index is 807. The first-order valence-electron chi connectivity index (χ1n) is 8.00. The smallest absolute Gasteiger partial charge is 0.254 e. The predicted molar refractivity (Wildman–Crippen MR) is 96.9 cm³/mol. The molecular weight excluding hydrogens is 389 g/mol. The van der Waals surface area contributed by atoms with Crippen molar-refractivity contribution in [2.24, 2.45) is 0 Å². The van der Waals surface area contributed by atoms with Crippen molar-refractivity contribution in [3.8, 4) is 11.5 Å². The molecule has 1 N–H and O–H groups in total. The summed E-state index contributed by atoms with van der Waals surface area (Å²) in [4.78, 5) is 12.3. The van der Waals surface area contributed by atoms with Gasteiger partial charge in [-0.15, -0.1) is 0 Å². The Labute approximate surface area is 154 Å². The van der Waals surface area contributed by atoms with Crippen LogP contribution >= 0.6 is 15.9 Å². The van der Waals surface area contributed by atoms with Gasteiger partial charge in [0.2, 0.25) is 0 Å². The molecule has 1 heterocycles. The lowest BCUT2D eigenvalue weighted by Gasteiger charge is -2.28. The Morgan fingerprint density at radius 2 is 1.88 bits per heavy atom. The molecule has 0 atom stereocenters. The second-order valence-electron chi connectivity index (χ2n) is 6.55. The molecule has 3 rings (SSSR count). The van der Waals surface area contributed by atoms with E-state index in [1.807, 2.05) is 32.0 Å². The molecule has 0 bridgehead atoms. The van der Waals surface area contributed by atoms with Gasteiger partial charge in [0.15, 0.2) is 11.5 Å². The molecule has 2 aromatic carbocycles. The molecule has 0 spiro atoms. The molecule has 6 heteroatoms. The number of carbonyl (C=O) groups excluding carboxylic acids is 1. The maximum Gasteiger partial charge on any atom is 0.254 e. The molecule has 1 aliphatic heterocycles. The van der Waals surface area contributed by atoms with E-state index < -0.39 is 11.7 Å². The van der Waals surface area contributed by atoms with Crippen LogP contribution in [0.15, 0.2) is 40.9 Å². The molecule has 25 heavy (non-hydrogen) atoms. The average Bonchev–Trinajstić information content (AvgIpc) is 2.61. The third-order valence-corrected chi connectivity index (χ3v) is 4.68. The van der Waals surface area contributed by atoms with E-state index in [9.17, 15) is 9.18 Å². The van der Waals surface area contributed by atoms with E-state index in [1.165, 1.54) is 12.1 Å². The Morgan fingerprint density at radius 3 is 2.64 bits per heavy atom. The number of ether oxygens (including phenoxy) is 2. The zero-order valence-corrected chi connectivity index (χ0v) is 15.7. The Balaban J connectivity index is 1.73. The van der Waals surface area contributed by atoms with E-state index >= 15 is 0 Å². The number of rotatable bonds is 4. The summed E-state index contributed by atoms with van der Waals surface area (Å²) in [5.41, 5.74) is 0.674. The van der Waals surface area contributed by atoms with Crippen LogP contribution in [0.2, 0.25) is 0 Å². The van der Waals surface area contributed by atoms with Crippen LogP contribution in [0.4, 0.5) is 4.39 Å². The minimum absolute atomic E-state index is 0.0207. The molecule has 2 aromatic rings. The summed E-state index contributed by atoms with van der Waals surface area (Å²) in [5.74, 6) is 0.453.